The molecule has 17 heavy (non-hydrogen) atoms. The van der Waals surface area contributed by atoms with Crippen LogP contribution in [-0.4, -0.2) is 24.5 Å². The van der Waals surface area contributed by atoms with Crippen LogP contribution in [0.15, 0.2) is 45.7 Å². The van der Waals surface area contributed by atoms with Crippen molar-refractivity contribution in [1.29, 1.82) is 0 Å². The average molecular weight is 228 g/mol. The minimum Gasteiger partial charge on any atom is -0.309 e. The van der Waals surface area contributed by atoms with Crippen molar-refractivity contribution in [3.63, 3.8) is 0 Å². The minimum atomic E-state index is 0.952. The molecule has 88 valence electrons. The topological polar surface area (TPSA) is 48.8 Å². The summed E-state index contributed by atoms with van der Waals surface area (Å²) >= 11 is 0. The van der Waals surface area contributed by atoms with Crippen LogP contribution in [0, 0.1) is 0 Å². The molecule has 4 heteroatoms. The number of rotatable bonds is 2. The van der Waals surface area contributed by atoms with Gasteiger partial charge in [-0.25, -0.2) is 0 Å². The lowest BCUT2D eigenvalue weighted by molar-refractivity contribution is 0.813. The summed E-state index contributed by atoms with van der Waals surface area (Å²) < 4.78 is 0. The highest BCUT2D eigenvalue weighted by atomic mass is 15.3. The summed E-state index contributed by atoms with van der Waals surface area (Å²) in [7, 11) is 0. The molecule has 0 fully saturated rings. The molecular weight excluding hydrogens is 212 g/mol. The van der Waals surface area contributed by atoms with Gasteiger partial charge in [0.1, 0.15) is 0 Å². The van der Waals surface area contributed by atoms with Crippen molar-refractivity contribution in [3.8, 4) is 0 Å². The molecular formula is C13H16N4. The Balaban J connectivity index is 1.83. The van der Waals surface area contributed by atoms with E-state index in [0.29, 0.717) is 0 Å². The van der Waals surface area contributed by atoms with Crippen molar-refractivity contribution >= 4 is 11.4 Å². The molecule has 0 aromatic carbocycles. The molecule has 0 bridgehead atoms. The predicted octanol–water partition coefficient (Wildman–Crippen LogP) is 1.50. The first-order valence-electron chi connectivity index (χ1n) is 6.10. The van der Waals surface area contributed by atoms with E-state index < -0.39 is 0 Å². The van der Waals surface area contributed by atoms with Crippen LogP contribution in [0.4, 0.5) is 0 Å². The third kappa shape index (κ3) is 2.16. The van der Waals surface area contributed by atoms with Gasteiger partial charge in [-0.3, -0.25) is 0 Å². The smallest absolute Gasteiger partial charge is 0.0693 e. The molecule has 3 rings (SSSR count). The summed E-state index contributed by atoms with van der Waals surface area (Å²) in [5, 5.41) is 8.62. The van der Waals surface area contributed by atoms with Gasteiger partial charge in [0.2, 0.25) is 0 Å². The van der Waals surface area contributed by atoms with Crippen LogP contribution < -0.4 is 10.9 Å². The Morgan fingerprint density at radius 2 is 1.71 bits per heavy atom. The van der Waals surface area contributed by atoms with E-state index in [9.17, 15) is 0 Å². The Kier molecular flexibility index (Phi) is 2.78. The van der Waals surface area contributed by atoms with Crippen molar-refractivity contribution in [2.45, 2.75) is 19.3 Å². The quantitative estimate of drug-likeness (QED) is 0.752. The molecule has 0 spiro atoms. The highest BCUT2D eigenvalue weighted by Gasteiger charge is 2.14. The first-order valence-corrected chi connectivity index (χ1v) is 6.10. The maximum Gasteiger partial charge on any atom is 0.0693 e. The summed E-state index contributed by atoms with van der Waals surface area (Å²) in [6.07, 6.45) is 11.7. The Morgan fingerprint density at radius 1 is 0.941 bits per heavy atom. The van der Waals surface area contributed by atoms with Crippen LogP contribution in [0.25, 0.3) is 0 Å². The van der Waals surface area contributed by atoms with Gasteiger partial charge in [0, 0.05) is 25.9 Å². The average Bonchev–Trinajstić information content (AvgIpc) is 2.99. The Labute approximate surface area is 101 Å². The van der Waals surface area contributed by atoms with Crippen LogP contribution in [0.5, 0.6) is 0 Å². The zero-order chi connectivity index (χ0) is 11.5. The summed E-state index contributed by atoms with van der Waals surface area (Å²) in [6.45, 7) is 1.91. The Morgan fingerprint density at radius 3 is 2.41 bits per heavy atom. The van der Waals surface area contributed by atoms with Crippen LogP contribution in [0.1, 0.15) is 19.3 Å². The van der Waals surface area contributed by atoms with Crippen LogP contribution >= 0.6 is 0 Å². The number of hydrazone groups is 2. The zero-order valence-corrected chi connectivity index (χ0v) is 9.74. The number of nitrogens with one attached hydrogen (secondary N) is 2. The van der Waals surface area contributed by atoms with Gasteiger partial charge < -0.3 is 10.9 Å². The van der Waals surface area contributed by atoms with Crippen molar-refractivity contribution in [1.82, 2.24) is 10.9 Å². The van der Waals surface area contributed by atoms with Crippen molar-refractivity contribution in [3.05, 3.63) is 35.5 Å². The van der Waals surface area contributed by atoms with E-state index in [0.717, 1.165) is 38.1 Å². The number of allylic oxidation sites excluding steroid dienone is 6. The molecule has 2 heterocycles. The highest BCUT2D eigenvalue weighted by molar-refractivity contribution is 6.05. The second kappa shape index (κ2) is 4.57. The van der Waals surface area contributed by atoms with Crippen LogP contribution in [0.2, 0.25) is 0 Å². The van der Waals surface area contributed by atoms with Crippen molar-refractivity contribution < 1.29 is 0 Å². The molecule has 2 N–H and O–H groups in total. The fraction of sp³-hybridized carbons (Fsp3) is 0.385. The van der Waals surface area contributed by atoms with E-state index in [1.807, 2.05) is 0 Å². The second-order valence-corrected chi connectivity index (χ2v) is 4.35. The van der Waals surface area contributed by atoms with Crippen molar-refractivity contribution in [2.24, 2.45) is 10.2 Å². The van der Waals surface area contributed by atoms with E-state index in [-0.39, 0.29) is 0 Å². The van der Waals surface area contributed by atoms with Gasteiger partial charge in [-0.2, -0.15) is 10.2 Å². The SMILES string of the molecule is C1=CC(C2=NNCC2)=CC=C(C2=NNCC2)C1. The van der Waals surface area contributed by atoms with Crippen molar-refractivity contribution in [2.75, 3.05) is 13.1 Å². The fourth-order valence-corrected chi connectivity index (χ4v) is 2.24. The van der Waals surface area contributed by atoms with Gasteiger partial charge in [0.15, 0.2) is 0 Å². The lowest BCUT2D eigenvalue weighted by Gasteiger charge is -1.99. The maximum atomic E-state index is 4.32. The van der Waals surface area contributed by atoms with Crippen LogP contribution in [-0.2, 0) is 0 Å². The molecule has 0 aromatic heterocycles. The summed E-state index contributed by atoms with van der Waals surface area (Å²) in [5.74, 6) is 0. The number of hydrogen-bond donors (Lipinski definition) is 2. The third-order valence-corrected chi connectivity index (χ3v) is 3.18. The van der Waals surface area contributed by atoms with Gasteiger partial charge in [-0.15, -0.1) is 0 Å². The lowest BCUT2D eigenvalue weighted by atomic mass is 10.1. The van der Waals surface area contributed by atoms with Crippen LogP contribution in [0.3, 0.4) is 0 Å². The minimum absolute atomic E-state index is 0.952. The standard InChI is InChI=1S/C13H16N4/c1-2-10(12-6-8-14-16-12)4-5-11(3-1)13-7-9-15-17-13/h1-2,4-5,14-15H,3,6-9H2. The van der Waals surface area contributed by atoms with E-state index >= 15 is 0 Å². The molecule has 1 aliphatic carbocycles. The first kappa shape index (κ1) is 10.3. The number of hydrogen-bond acceptors (Lipinski definition) is 4. The largest absolute Gasteiger partial charge is 0.309 e. The predicted molar refractivity (Wildman–Crippen MR) is 70.0 cm³/mol. The molecule has 0 amide bonds. The normalized spacial score (nSPS) is 23.1. The first-order chi connectivity index (χ1) is 8.43. The molecule has 4 nitrogen and oxygen atoms in total. The van der Waals surface area contributed by atoms with Gasteiger partial charge in [-0.05, 0) is 17.6 Å². The summed E-state index contributed by atoms with van der Waals surface area (Å²) in [6, 6.07) is 0. The molecule has 3 aliphatic rings. The third-order valence-electron chi connectivity index (χ3n) is 3.18. The van der Waals surface area contributed by atoms with Gasteiger partial charge in [0.05, 0.1) is 11.4 Å². The van der Waals surface area contributed by atoms with Gasteiger partial charge in [0.25, 0.3) is 0 Å². The number of nitrogens with zero attached hydrogens (tertiary/aromatic N) is 2. The molecule has 2 aliphatic heterocycles. The van der Waals surface area contributed by atoms with E-state index in [4.69, 9.17) is 0 Å². The maximum absolute atomic E-state index is 4.32. The lowest BCUT2D eigenvalue weighted by Crippen LogP contribution is -1.99. The molecule has 0 atom stereocenters. The summed E-state index contributed by atoms with van der Waals surface area (Å²) in [5.41, 5.74) is 10.9. The molecule has 0 saturated carbocycles. The van der Waals surface area contributed by atoms with Gasteiger partial charge in [-0.1, -0.05) is 24.3 Å². The van der Waals surface area contributed by atoms with E-state index in [2.05, 4.69) is 45.4 Å². The fourth-order valence-electron chi connectivity index (χ4n) is 2.24. The van der Waals surface area contributed by atoms with Gasteiger partial charge >= 0.3 is 0 Å². The molecule has 0 radical (unpaired) electrons. The second-order valence-electron chi connectivity index (χ2n) is 4.35. The van der Waals surface area contributed by atoms with E-state index in [1.54, 1.807) is 0 Å². The Hall–Kier alpha value is -1.84. The monoisotopic (exact) mass is 228 g/mol. The zero-order valence-electron chi connectivity index (χ0n) is 9.74. The molecule has 0 aromatic rings. The van der Waals surface area contributed by atoms with E-state index in [1.165, 1.54) is 16.9 Å². The highest BCUT2D eigenvalue weighted by Crippen LogP contribution is 2.18. The Bertz CT molecular complexity index is 466. The summed E-state index contributed by atoms with van der Waals surface area (Å²) in [4.78, 5) is 0. The molecule has 0 unspecified atom stereocenters. The molecule has 0 saturated heterocycles.